The average molecular weight is 381 g/mol. The van der Waals surface area contributed by atoms with Gasteiger partial charge in [-0.1, -0.05) is 30.3 Å². The fourth-order valence-corrected chi connectivity index (χ4v) is 3.75. The zero-order chi connectivity index (χ0) is 20.3. The minimum absolute atomic E-state index is 0.151. The number of benzene rings is 3. The molecule has 0 N–H and O–H groups in total. The Morgan fingerprint density at radius 1 is 0.517 bits per heavy atom. The van der Waals surface area contributed by atoms with Gasteiger partial charge in [-0.05, 0) is 48.9 Å². The Morgan fingerprint density at radius 3 is 1.31 bits per heavy atom. The van der Waals surface area contributed by atoms with Crippen LogP contribution >= 0.6 is 0 Å². The summed E-state index contributed by atoms with van der Waals surface area (Å²) in [6, 6.07) is 17.7. The van der Waals surface area contributed by atoms with Crippen molar-refractivity contribution in [2.24, 2.45) is 0 Å². The lowest BCUT2D eigenvalue weighted by atomic mass is 10.1. The molecule has 2 aliphatic rings. The molecule has 5 rings (SSSR count). The van der Waals surface area contributed by atoms with E-state index in [0.717, 1.165) is 9.80 Å². The molecule has 0 aliphatic carbocycles. The zero-order valence-corrected chi connectivity index (χ0v) is 15.1. The van der Waals surface area contributed by atoms with Gasteiger partial charge >= 0.3 is 0 Å². The van der Waals surface area contributed by atoms with Crippen LogP contribution in [0.5, 0.6) is 0 Å². The minimum Gasteiger partial charge on any atom is -0.268 e. The summed E-state index contributed by atoms with van der Waals surface area (Å²) in [5, 5.41) is 0. The van der Waals surface area contributed by atoms with E-state index < -0.39 is 23.6 Å². The number of anilines is 2. The summed E-state index contributed by atoms with van der Waals surface area (Å²) >= 11 is 0. The standard InChI is InChI=1S/C23H13N2O4/c1-13-10-11-18(24-20(26)14-6-2-3-7-15(14)21(24)27)19(12-13)25-22(28)16-8-4-5-9-17(16)23(25)29/h2-12H,1H2. The molecule has 0 saturated heterocycles. The minimum atomic E-state index is -0.506. The van der Waals surface area contributed by atoms with Crippen LogP contribution in [-0.2, 0) is 0 Å². The quantitative estimate of drug-likeness (QED) is 0.637. The van der Waals surface area contributed by atoms with E-state index in [2.05, 4.69) is 6.92 Å². The summed E-state index contributed by atoms with van der Waals surface area (Å²) in [7, 11) is 0. The van der Waals surface area contributed by atoms with Crippen molar-refractivity contribution in [1.29, 1.82) is 0 Å². The van der Waals surface area contributed by atoms with Crippen LogP contribution in [-0.4, -0.2) is 23.6 Å². The van der Waals surface area contributed by atoms with Gasteiger partial charge in [-0.25, -0.2) is 9.80 Å². The van der Waals surface area contributed by atoms with E-state index in [1.807, 2.05) is 0 Å². The third-order valence-electron chi connectivity index (χ3n) is 5.11. The van der Waals surface area contributed by atoms with Crippen LogP contribution in [0.4, 0.5) is 11.4 Å². The second kappa shape index (κ2) is 5.97. The molecular formula is C23H13N2O4. The first-order chi connectivity index (χ1) is 14.0. The van der Waals surface area contributed by atoms with Crippen molar-refractivity contribution >= 4 is 35.0 Å². The molecule has 139 valence electrons. The Hall–Kier alpha value is -4.06. The van der Waals surface area contributed by atoms with Gasteiger partial charge in [-0.15, -0.1) is 0 Å². The van der Waals surface area contributed by atoms with E-state index in [-0.39, 0.29) is 33.6 Å². The largest absolute Gasteiger partial charge is 0.268 e. The number of carbonyl (C=O) groups excluding carboxylic acids is 4. The van der Waals surface area contributed by atoms with Gasteiger partial charge in [0.1, 0.15) is 0 Å². The Balaban J connectivity index is 1.68. The van der Waals surface area contributed by atoms with E-state index in [0.29, 0.717) is 5.56 Å². The number of imide groups is 2. The molecule has 0 saturated carbocycles. The molecule has 0 spiro atoms. The summed E-state index contributed by atoms with van der Waals surface area (Å²) < 4.78 is 0. The number of hydrogen-bond donors (Lipinski definition) is 0. The molecule has 6 nitrogen and oxygen atoms in total. The lowest BCUT2D eigenvalue weighted by Gasteiger charge is -2.23. The Bertz CT molecular complexity index is 1190. The number of amides is 4. The monoisotopic (exact) mass is 381 g/mol. The third-order valence-corrected chi connectivity index (χ3v) is 5.11. The second-order valence-electron chi connectivity index (χ2n) is 6.81. The van der Waals surface area contributed by atoms with Crippen molar-refractivity contribution in [3.8, 4) is 0 Å². The molecular weight excluding hydrogens is 368 g/mol. The van der Waals surface area contributed by atoms with Crippen molar-refractivity contribution in [2.45, 2.75) is 0 Å². The first kappa shape index (κ1) is 17.1. The molecule has 0 atom stereocenters. The highest BCUT2D eigenvalue weighted by molar-refractivity contribution is 6.38. The summed E-state index contributed by atoms with van der Waals surface area (Å²) in [6.45, 7) is 3.86. The smallest absolute Gasteiger partial charge is 0.266 e. The van der Waals surface area contributed by atoms with Crippen LogP contribution in [0, 0.1) is 6.92 Å². The Morgan fingerprint density at radius 2 is 0.897 bits per heavy atom. The van der Waals surface area contributed by atoms with Crippen molar-refractivity contribution < 1.29 is 19.2 Å². The molecule has 29 heavy (non-hydrogen) atoms. The fraction of sp³-hybridized carbons (Fsp3) is 0. The van der Waals surface area contributed by atoms with E-state index in [4.69, 9.17) is 0 Å². The van der Waals surface area contributed by atoms with Gasteiger partial charge in [0.2, 0.25) is 0 Å². The molecule has 4 amide bonds. The van der Waals surface area contributed by atoms with E-state index in [9.17, 15) is 19.2 Å². The highest BCUT2D eigenvalue weighted by atomic mass is 16.2. The number of hydrogen-bond acceptors (Lipinski definition) is 4. The summed E-state index contributed by atoms with van der Waals surface area (Å²) in [5.41, 5.74) is 1.97. The second-order valence-corrected chi connectivity index (χ2v) is 6.81. The van der Waals surface area contributed by atoms with Gasteiger partial charge in [-0.2, -0.15) is 0 Å². The molecule has 1 radical (unpaired) electrons. The molecule has 0 unspecified atom stereocenters. The summed E-state index contributed by atoms with van der Waals surface area (Å²) in [4.78, 5) is 53.8. The maximum Gasteiger partial charge on any atom is 0.266 e. The maximum absolute atomic E-state index is 13.0. The Labute approximate surface area is 166 Å². The third kappa shape index (κ3) is 2.29. The van der Waals surface area contributed by atoms with Gasteiger partial charge in [0.15, 0.2) is 0 Å². The van der Waals surface area contributed by atoms with E-state index in [1.54, 1.807) is 54.6 Å². The highest BCUT2D eigenvalue weighted by Crippen LogP contribution is 2.39. The van der Waals surface area contributed by atoms with Gasteiger partial charge in [0.05, 0.1) is 33.6 Å². The maximum atomic E-state index is 13.0. The predicted octanol–water partition coefficient (Wildman–Crippen LogP) is 3.47. The van der Waals surface area contributed by atoms with Crippen LogP contribution in [0.3, 0.4) is 0 Å². The molecule has 2 heterocycles. The van der Waals surface area contributed by atoms with Crippen LogP contribution in [0.1, 0.15) is 47.0 Å². The van der Waals surface area contributed by atoms with Gasteiger partial charge in [-0.3, -0.25) is 19.2 Å². The molecule has 3 aromatic carbocycles. The van der Waals surface area contributed by atoms with Crippen LogP contribution in [0.15, 0.2) is 66.7 Å². The lowest BCUT2D eigenvalue weighted by molar-refractivity contribution is 0.0904. The number of carbonyl (C=O) groups is 4. The first-order valence-electron chi connectivity index (χ1n) is 8.90. The molecule has 2 aliphatic heterocycles. The van der Waals surface area contributed by atoms with Gasteiger partial charge in [0, 0.05) is 0 Å². The number of rotatable bonds is 2. The zero-order valence-electron chi connectivity index (χ0n) is 15.1. The van der Waals surface area contributed by atoms with Crippen molar-refractivity contribution in [2.75, 3.05) is 9.80 Å². The summed E-state index contributed by atoms with van der Waals surface area (Å²) in [6.07, 6.45) is 0. The SMILES string of the molecule is [CH2]c1ccc(N2C(=O)c3ccccc3C2=O)c(N2C(=O)c3ccccc3C2=O)c1. The molecule has 6 heteroatoms. The van der Waals surface area contributed by atoms with E-state index >= 15 is 0 Å². The normalized spacial score (nSPS) is 15.2. The van der Waals surface area contributed by atoms with Crippen LogP contribution < -0.4 is 9.80 Å². The molecule has 0 aromatic heterocycles. The molecule has 0 fully saturated rings. The van der Waals surface area contributed by atoms with Gasteiger partial charge < -0.3 is 0 Å². The highest BCUT2D eigenvalue weighted by Gasteiger charge is 2.42. The predicted molar refractivity (Wildman–Crippen MR) is 106 cm³/mol. The lowest BCUT2D eigenvalue weighted by Crippen LogP contribution is -2.35. The van der Waals surface area contributed by atoms with Crippen LogP contribution in [0.2, 0.25) is 0 Å². The fourth-order valence-electron chi connectivity index (χ4n) is 3.75. The average Bonchev–Trinajstić information content (AvgIpc) is 3.13. The Kier molecular flexibility index (Phi) is 3.51. The van der Waals surface area contributed by atoms with Crippen molar-refractivity contribution in [3.63, 3.8) is 0 Å². The summed E-state index contributed by atoms with van der Waals surface area (Å²) in [5.74, 6) is -2.01. The molecule has 3 aromatic rings. The topological polar surface area (TPSA) is 74.8 Å². The number of fused-ring (bicyclic) bond motifs is 2. The van der Waals surface area contributed by atoms with E-state index in [1.165, 1.54) is 12.1 Å². The molecule has 0 bridgehead atoms. The van der Waals surface area contributed by atoms with Gasteiger partial charge in [0.25, 0.3) is 23.6 Å². The van der Waals surface area contributed by atoms with Crippen molar-refractivity contribution in [3.05, 3.63) is 101 Å². The number of nitrogens with zero attached hydrogens (tertiary/aromatic N) is 2. The van der Waals surface area contributed by atoms with Crippen molar-refractivity contribution in [1.82, 2.24) is 0 Å². The van der Waals surface area contributed by atoms with Crippen LogP contribution in [0.25, 0.3) is 0 Å². The first-order valence-corrected chi connectivity index (χ1v) is 8.90.